The molecule has 0 saturated carbocycles. The molecule has 2 heteroatoms. The molecule has 0 saturated heterocycles. The van der Waals surface area contributed by atoms with Crippen LogP contribution in [0.1, 0.15) is 56.6 Å². The number of thiophene rings is 2. The van der Waals surface area contributed by atoms with Gasteiger partial charge in [0.2, 0.25) is 0 Å². The van der Waals surface area contributed by atoms with Crippen molar-refractivity contribution in [2.24, 2.45) is 0 Å². The minimum absolute atomic E-state index is 1.29. The number of unbranched alkanes of at least 4 members (excludes halogenated alkanes) is 5. The highest BCUT2D eigenvalue weighted by Gasteiger charge is 1.93. The Labute approximate surface area is 126 Å². The maximum absolute atomic E-state index is 2.27. The van der Waals surface area contributed by atoms with Crippen molar-refractivity contribution in [2.75, 3.05) is 0 Å². The lowest BCUT2D eigenvalue weighted by Crippen LogP contribution is -1.83. The summed E-state index contributed by atoms with van der Waals surface area (Å²) in [6.45, 7) is 4.36. The quantitative estimate of drug-likeness (QED) is 0.498. The lowest BCUT2D eigenvalue weighted by atomic mass is 10.1. The van der Waals surface area contributed by atoms with Gasteiger partial charge in [-0.25, -0.2) is 0 Å². The second-order valence-electron chi connectivity index (χ2n) is 4.95. The van der Waals surface area contributed by atoms with E-state index in [4.69, 9.17) is 0 Å². The Hall–Kier alpha value is -0.600. The van der Waals surface area contributed by atoms with Gasteiger partial charge in [-0.2, -0.15) is 22.7 Å². The highest BCUT2D eigenvalue weighted by atomic mass is 32.1. The summed E-state index contributed by atoms with van der Waals surface area (Å²) in [7, 11) is 0. The van der Waals surface area contributed by atoms with Crippen molar-refractivity contribution in [3.8, 4) is 0 Å². The van der Waals surface area contributed by atoms with E-state index in [0.29, 0.717) is 0 Å². The van der Waals surface area contributed by atoms with Crippen molar-refractivity contribution in [1.29, 1.82) is 0 Å². The molecule has 0 amide bonds. The first kappa shape index (κ1) is 16.5. The molecule has 2 heterocycles. The maximum Gasteiger partial charge on any atom is -0.00613 e. The van der Waals surface area contributed by atoms with E-state index in [1.807, 2.05) is 11.3 Å². The molecule has 0 unspecified atom stereocenters. The summed E-state index contributed by atoms with van der Waals surface area (Å²) in [4.78, 5) is 0. The Bertz CT molecular complexity index is 373. The van der Waals surface area contributed by atoms with E-state index in [-0.39, 0.29) is 0 Å². The number of hydrogen-bond acceptors (Lipinski definition) is 2. The number of rotatable bonds is 7. The van der Waals surface area contributed by atoms with Gasteiger partial charge in [-0.3, -0.25) is 0 Å². The van der Waals surface area contributed by atoms with Gasteiger partial charge in [-0.1, -0.05) is 39.0 Å². The zero-order valence-corrected chi connectivity index (χ0v) is 13.9. The van der Waals surface area contributed by atoms with Gasteiger partial charge in [0.15, 0.2) is 0 Å². The molecular formula is C17H26S2. The first-order valence-corrected chi connectivity index (χ1v) is 9.21. The van der Waals surface area contributed by atoms with Crippen molar-refractivity contribution in [3.63, 3.8) is 0 Å². The van der Waals surface area contributed by atoms with Gasteiger partial charge < -0.3 is 0 Å². The van der Waals surface area contributed by atoms with E-state index in [1.54, 1.807) is 11.3 Å². The van der Waals surface area contributed by atoms with Gasteiger partial charge in [-0.05, 0) is 64.5 Å². The van der Waals surface area contributed by atoms with Crippen LogP contribution in [0.25, 0.3) is 0 Å². The van der Waals surface area contributed by atoms with Gasteiger partial charge in [0.25, 0.3) is 0 Å². The molecule has 0 nitrogen and oxygen atoms in total. The summed E-state index contributed by atoms with van der Waals surface area (Å²) in [5.41, 5.74) is 2.89. The fourth-order valence-electron chi connectivity index (χ4n) is 1.88. The van der Waals surface area contributed by atoms with Crippen LogP contribution in [0.3, 0.4) is 0 Å². The Balaban J connectivity index is 0.000000250. The second kappa shape index (κ2) is 11.2. The SMILES string of the molecule is CCCCCCCCc1ccsc1.Cc1ccsc1. The summed E-state index contributed by atoms with van der Waals surface area (Å²) < 4.78 is 0. The summed E-state index contributed by atoms with van der Waals surface area (Å²) in [6, 6.07) is 4.35. The van der Waals surface area contributed by atoms with Crippen LogP contribution in [0.5, 0.6) is 0 Å². The largest absolute Gasteiger partial charge is 0.152 e. The standard InChI is InChI=1S/C12H20S.C5H6S/c1-2-3-4-5-6-7-8-12-9-10-13-11-12;1-5-2-3-6-4-5/h9-11H,2-8H2,1H3;2-4H,1H3. The summed E-state index contributed by atoms with van der Waals surface area (Å²) in [6.07, 6.45) is 9.70. The molecule has 0 spiro atoms. The highest BCUT2D eigenvalue weighted by Crippen LogP contribution is 2.12. The first-order valence-electron chi connectivity index (χ1n) is 7.32. The van der Waals surface area contributed by atoms with E-state index in [9.17, 15) is 0 Å². The van der Waals surface area contributed by atoms with Crippen LogP contribution in [-0.2, 0) is 6.42 Å². The summed E-state index contributed by atoms with van der Waals surface area (Å²) in [5, 5.41) is 8.65. The molecule has 0 aliphatic rings. The monoisotopic (exact) mass is 294 g/mol. The van der Waals surface area contributed by atoms with Crippen LogP contribution in [0, 0.1) is 6.92 Å². The Morgan fingerprint density at radius 3 is 2.05 bits per heavy atom. The van der Waals surface area contributed by atoms with Gasteiger partial charge in [-0.15, -0.1) is 0 Å². The number of hydrogen-bond donors (Lipinski definition) is 0. The van der Waals surface area contributed by atoms with Crippen molar-refractivity contribution >= 4 is 22.7 Å². The average molecular weight is 295 g/mol. The summed E-state index contributed by atoms with van der Waals surface area (Å²) >= 11 is 3.55. The third-order valence-corrected chi connectivity index (χ3v) is 4.60. The lowest BCUT2D eigenvalue weighted by Gasteiger charge is -1.99. The summed E-state index contributed by atoms with van der Waals surface area (Å²) in [5.74, 6) is 0. The third-order valence-electron chi connectivity index (χ3n) is 3.06. The Morgan fingerprint density at radius 1 is 0.842 bits per heavy atom. The van der Waals surface area contributed by atoms with Gasteiger partial charge in [0, 0.05) is 0 Å². The smallest absolute Gasteiger partial charge is 0.00613 e. The Kier molecular flexibility index (Phi) is 9.74. The van der Waals surface area contributed by atoms with E-state index in [2.05, 4.69) is 47.5 Å². The first-order chi connectivity index (χ1) is 9.33. The molecule has 0 fully saturated rings. The van der Waals surface area contributed by atoms with Gasteiger partial charge in [0.1, 0.15) is 0 Å². The van der Waals surface area contributed by atoms with Gasteiger partial charge >= 0.3 is 0 Å². The van der Waals surface area contributed by atoms with E-state index in [1.165, 1.54) is 56.1 Å². The maximum atomic E-state index is 2.27. The van der Waals surface area contributed by atoms with Crippen LogP contribution in [-0.4, -0.2) is 0 Å². The van der Waals surface area contributed by atoms with E-state index < -0.39 is 0 Å². The van der Waals surface area contributed by atoms with Crippen molar-refractivity contribution < 1.29 is 0 Å². The topological polar surface area (TPSA) is 0 Å². The number of aryl methyl sites for hydroxylation is 2. The van der Waals surface area contributed by atoms with Crippen LogP contribution in [0.15, 0.2) is 33.7 Å². The van der Waals surface area contributed by atoms with E-state index in [0.717, 1.165) is 0 Å². The average Bonchev–Trinajstić information content (AvgIpc) is 3.08. The molecule has 106 valence electrons. The molecule has 0 N–H and O–H groups in total. The van der Waals surface area contributed by atoms with Crippen LogP contribution < -0.4 is 0 Å². The molecule has 0 radical (unpaired) electrons. The van der Waals surface area contributed by atoms with E-state index >= 15 is 0 Å². The molecule has 0 aliphatic heterocycles. The Morgan fingerprint density at radius 2 is 1.53 bits per heavy atom. The minimum atomic E-state index is 1.29. The second-order valence-corrected chi connectivity index (χ2v) is 6.51. The zero-order valence-electron chi connectivity index (χ0n) is 12.2. The predicted octanol–water partition coefficient (Wildman–Crippen LogP) is 6.71. The van der Waals surface area contributed by atoms with Crippen molar-refractivity contribution in [1.82, 2.24) is 0 Å². The highest BCUT2D eigenvalue weighted by molar-refractivity contribution is 7.08. The third kappa shape index (κ3) is 9.01. The van der Waals surface area contributed by atoms with Crippen LogP contribution in [0.4, 0.5) is 0 Å². The van der Waals surface area contributed by atoms with Crippen LogP contribution in [0.2, 0.25) is 0 Å². The molecule has 2 rings (SSSR count). The fraction of sp³-hybridized carbons (Fsp3) is 0.529. The molecule has 0 atom stereocenters. The molecule has 0 bridgehead atoms. The molecule has 0 aliphatic carbocycles. The lowest BCUT2D eigenvalue weighted by molar-refractivity contribution is 0.608. The van der Waals surface area contributed by atoms with Crippen molar-refractivity contribution in [2.45, 2.75) is 58.8 Å². The zero-order chi connectivity index (χ0) is 13.8. The molecule has 2 aromatic heterocycles. The van der Waals surface area contributed by atoms with Crippen molar-refractivity contribution in [3.05, 3.63) is 44.8 Å². The molecule has 0 aromatic carbocycles. The fourth-order valence-corrected chi connectivity index (χ4v) is 3.24. The normalized spacial score (nSPS) is 10.0. The molecular weight excluding hydrogens is 268 g/mol. The van der Waals surface area contributed by atoms with Gasteiger partial charge in [0.05, 0.1) is 0 Å². The predicted molar refractivity (Wildman–Crippen MR) is 90.5 cm³/mol. The molecule has 2 aromatic rings. The van der Waals surface area contributed by atoms with Crippen LogP contribution >= 0.6 is 22.7 Å². The molecule has 19 heavy (non-hydrogen) atoms. The minimum Gasteiger partial charge on any atom is -0.152 e.